The van der Waals surface area contributed by atoms with Crippen LogP contribution in [-0.4, -0.2) is 41.3 Å². The monoisotopic (exact) mass is 384 g/mol. The zero-order chi connectivity index (χ0) is 19.9. The number of nitrogens with zero attached hydrogens (tertiary/aromatic N) is 2. The molecule has 1 aliphatic rings. The highest BCUT2D eigenvalue weighted by Gasteiger charge is 2.30. The van der Waals surface area contributed by atoms with E-state index >= 15 is 0 Å². The quantitative estimate of drug-likeness (QED) is 0.720. The van der Waals surface area contributed by atoms with Crippen LogP contribution in [-0.2, 0) is 16.1 Å². The lowest BCUT2D eigenvalue weighted by molar-refractivity contribution is -0.138. The molecule has 2 aromatic rings. The van der Waals surface area contributed by atoms with Gasteiger partial charge in [-0.2, -0.15) is 0 Å². The van der Waals surface area contributed by atoms with Gasteiger partial charge in [0.05, 0.1) is 5.92 Å². The summed E-state index contributed by atoms with van der Waals surface area (Å²) in [6, 6.07) is 10.3. The van der Waals surface area contributed by atoms with Crippen molar-refractivity contribution in [1.29, 1.82) is 0 Å². The summed E-state index contributed by atoms with van der Waals surface area (Å²) in [5, 5.41) is 6.07. The maximum Gasteiger partial charge on any atom is 0.224 e. The van der Waals surface area contributed by atoms with Gasteiger partial charge in [0.15, 0.2) is 0 Å². The number of carbonyl (C=O) groups is 2. The lowest BCUT2D eigenvalue weighted by Gasteiger charge is -2.32. The Morgan fingerprint density at radius 3 is 2.89 bits per heavy atom. The maximum absolute atomic E-state index is 13.9. The number of nitrogens with one attached hydrogen (secondary N) is 2. The summed E-state index contributed by atoms with van der Waals surface area (Å²) >= 11 is 0. The highest BCUT2D eigenvalue weighted by molar-refractivity contribution is 5.83. The van der Waals surface area contributed by atoms with Gasteiger partial charge >= 0.3 is 0 Å². The minimum atomic E-state index is -0.335. The van der Waals surface area contributed by atoms with Crippen molar-refractivity contribution in [2.24, 2.45) is 5.92 Å². The van der Waals surface area contributed by atoms with Gasteiger partial charge < -0.3 is 15.5 Å². The first-order valence-corrected chi connectivity index (χ1v) is 9.48. The highest BCUT2D eigenvalue weighted by Crippen LogP contribution is 2.21. The Morgan fingerprint density at radius 1 is 1.29 bits per heavy atom. The molecule has 1 saturated heterocycles. The Kier molecular flexibility index (Phi) is 6.57. The smallest absolute Gasteiger partial charge is 0.224 e. The third kappa shape index (κ3) is 5.28. The van der Waals surface area contributed by atoms with Crippen molar-refractivity contribution in [3.8, 4) is 0 Å². The first-order valence-electron chi connectivity index (χ1n) is 9.48. The molecule has 0 saturated carbocycles. The van der Waals surface area contributed by atoms with Gasteiger partial charge in [0.2, 0.25) is 11.8 Å². The number of rotatable bonds is 7. The maximum atomic E-state index is 13.9. The predicted molar refractivity (Wildman–Crippen MR) is 105 cm³/mol. The van der Waals surface area contributed by atoms with Crippen LogP contribution in [0.25, 0.3) is 0 Å². The molecule has 28 heavy (non-hydrogen) atoms. The third-order valence-electron chi connectivity index (χ3n) is 4.84. The number of piperidine rings is 1. The Morgan fingerprint density at radius 2 is 2.11 bits per heavy atom. The average molecular weight is 384 g/mol. The second-order valence-corrected chi connectivity index (χ2v) is 7.04. The fourth-order valence-electron chi connectivity index (χ4n) is 3.27. The SMILES string of the molecule is Cc1ccnc(NCCNC(=O)[C@H]2CCC(=O)N(Cc3ccccc3F)C2)c1. The van der Waals surface area contributed by atoms with E-state index in [-0.39, 0.29) is 30.1 Å². The average Bonchev–Trinajstić information content (AvgIpc) is 2.68. The van der Waals surface area contributed by atoms with E-state index in [2.05, 4.69) is 15.6 Å². The van der Waals surface area contributed by atoms with Crippen LogP contribution < -0.4 is 10.6 Å². The van der Waals surface area contributed by atoms with E-state index in [1.165, 1.54) is 6.07 Å². The molecule has 0 aliphatic carbocycles. The Bertz CT molecular complexity index is 843. The molecule has 2 N–H and O–H groups in total. The van der Waals surface area contributed by atoms with Crippen LogP contribution in [0.1, 0.15) is 24.0 Å². The molecular weight excluding hydrogens is 359 g/mol. The van der Waals surface area contributed by atoms with Crippen LogP contribution >= 0.6 is 0 Å². The molecule has 148 valence electrons. The topological polar surface area (TPSA) is 74.3 Å². The number of amides is 2. The lowest BCUT2D eigenvalue weighted by atomic mass is 9.96. The summed E-state index contributed by atoms with van der Waals surface area (Å²) in [5.41, 5.74) is 1.58. The number of aryl methyl sites for hydroxylation is 1. The Hall–Kier alpha value is -2.96. The van der Waals surface area contributed by atoms with Gasteiger partial charge in [-0.15, -0.1) is 0 Å². The molecule has 1 fully saturated rings. The number of likely N-dealkylation sites (tertiary alicyclic amines) is 1. The van der Waals surface area contributed by atoms with Gasteiger partial charge in [0.1, 0.15) is 11.6 Å². The van der Waals surface area contributed by atoms with Crippen molar-refractivity contribution in [2.45, 2.75) is 26.3 Å². The second-order valence-electron chi connectivity index (χ2n) is 7.04. The summed E-state index contributed by atoms with van der Waals surface area (Å²) in [6.07, 6.45) is 2.56. The molecule has 1 aromatic heterocycles. The standard InChI is InChI=1S/C21H25FN4O2/c1-15-8-9-23-19(12-15)24-10-11-25-21(28)17-6-7-20(27)26(14-17)13-16-4-2-3-5-18(16)22/h2-5,8-9,12,17H,6-7,10-11,13-14H2,1H3,(H,23,24)(H,25,28)/t17-/m0/s1. The van der Waals surface area contributed by atoms with Crippen LogP contribution in [0.3, 0.4) is 0 Å². The van der Waals surface area contributed by atoms with Crippen LogP contribution in [0.5, 0.6) is 0 Å². The molecule has 0 spiro atoms. The summed E-state index contributed by atoms with van der Waals surface area (Å²) in [7, 11) is 0. The van der Waals surface area contributed by atoms with E-state index in [4.69, 9.17) is 0 Å². The normalized spacial score (nSPS) is 16.7. The van der Waals surface area contributed by atoms with Crippen molar-refractivity contribution >= 4 is 17.6 Å². The molecule has 0 bridgehead atoms. The molecule has 1 atom stereocenters. The largest absolute Gasteiger partial charge is 0.368 e. The number of halogens is 1. The number of pyridine rings is 1. The molecule has 0 radical (unpaired) electrons. The van der Waals surface area contributed by atoms with Crippen molar-refractivity contribution in [2.75, 3.05) is 25.0 Å². The van der Waals surface area contributed by atoms with Crippen molar-refractivity contribution < 1.29 is 14.0 Å². The lowest BCUT2D eigenvalue weighted by Crippen LogP contribution is -2.46. The van der Waals surface area contributed by atoms with E-state index < -0.39 is 0 Å². The Labute approximate surface area is 164 Å². The minimum absolute atomic E-state index is 0.0421. The third-order valence-corrected chi connectivity index (χ3v) is 4.84. The highest BCUT2D eigenvalue weighted by atomic mass is 19.1. The van der Waals surface area contributed by atoms with Crippen LogP contribution in [0.4, 0.5) is 10.2 Å². The van der Waals surface area contributed by atoms with E-state index in [1.807, 2.05) is 19.1 Å². The number of anilines is 1. The molecule has 2 heterocycles. The van der Waals surface area contributed by atoms with E-state index in [1.54, 1.807) is 29.3 Å². The number of hydrogen-bond donors (Lipinski definition) is 2. The number of aromatic nitrogens is 1. The van der Waals surface area contributed by atoms with Crippen molar-refractivity contribution in [3.63, 3.8) is 0 Å². The van der Waals surface area contributed by atoms with E-state index in [9.17, 15) is 14.0 Å². The number of hydrogen-bond acceptors (Lipinski definition) is 4. The van der Waals surface area contributed by atoms with Crippen molar-refractivity contribution in [1.82, 2.24) is 15.2 Å². The van der Waals surface area contributed by atoms with Gasteiger partial charge in [-0.05, 0) is 37.1 Å². The number of benzene rings is 1. The van der Waals surface area contributed by atoms with Crippen LogP contribution in [0.15, 0.2) is 42.6 Å². The first kappa shape index (κ1) is 19.8. The minimum Gasteiger partial charge on any atom is -0.368 e. The van der Waals surface area contributed by atoms with Crippen LogP contribution in [0, 0.1) is 18.7 Å². The summed E-state index contributed by atoms with van der Waals surface area (Å²) in [5.74, 6) is 0.0392. The second kappa shape index (κ2) is 9.30. The molecule has 6 nitrogen and oxygen atoms in total. The summed E-state index contributed by atoms with van der Waals surface area (Å²) in [4.78, 5) is 30.4. The predicted octanol–water partition coefficient (Wildman–Crippen LogP) is 2.50. The Balaban J connectivity index is 1.47. The van der Waals surface area contributed by atoms with E-state index in [0.717, 1.165) is 11.4 Å². The number of carbonyl (C=O) groups excluding carboxylic acids is 2. The van der Waals surface area contributed by atoms with E-state index in [0.29, 0.717) is 38.0 Å². The first-order chi connectivity index (χ1) is 13.5. The van der Waals surface area contributed by atoms with Gasteiger partial charge in [-0.25, -0.2) is 9.37 Å². The zero-order valence-electron chi connectivity index (χ0n) is 16.0. The molecule has 1 aliphatic heterocycles. The van der Waals surface area contributed by atoms with Gasteiger partial charge in [-0.3, -0.25) is 9.59 Å². The molecule has 0 unspecified atom stereocenters. The molecule has 1 aromatic carbocycles. The molecule has 3 rings (SSSR count). The molecule has 7 heteroatoms. The van der Waals surface area contributed by atoms with Gasteiger partial charge in [0, 0.05) is 44.4 Å². The molecule has 2 amide bonds. The summed E-state index contributed by atoms with van der Waals surface area (Å²) < 4.78 is 13.9. The fraction of sp³-hybridized carbons (Fsp3) is 0.381. The summed E-state index contributed by atoms with van der Waals surface area (Å²) in [6.45, 7) is 3.52. The van der Waals surface area contributed by atoms with Crippen molar-refractivity contribution in [3.05, 3.63) is 59.5 Å². The van der Waals surface area contributed by atoms with Gasteiger partial charge in [-0.1, -0.05) is 18.2 Å². The zero-order valence-corrected chi connectivity index (χ0v) is 16.0. The molecular formula is C21H25FN4O2. The fourth-order valence-corrected chi connectivity index (χ4v) is 3.27. The van der Waals surface area contributed by atoms with Gasteiger partial charge in [0.25, 0.3) is 0 Å². The van der Waals surface area contributed by atoms with Crippen LogP contribution in [0.2, 0.25) is 0 Å².